The van der Waals surface area contributed by atoms with E-state index >= 15 is 0 Å². The lowest BCUT2D eigenvalue weighted by molar-refractivity contribution is -0.122. The van der Waals surface area contributed by atoms with Gasteiger partial charge in [-0.3, -0.25) is 4.79 Å². The van der Waals surface area contributed by atoms with Crippen LogP contribution in [0.4, 0.5) is 5.69 Å². The van der Waals surface area contributed by atoms with Gasteiger partial charge in [-0.05, 0) is 42.3 Å². The van der Waals surface area contributed by atoms with Crippen LogP contribution >= 0.6 is 11.6 Å². The number of rotatable bonds is 5. The summed E-state index contributed by atoms with van der Waals surface area (Å²) in [7, 11) is 0. The van der Waals surface area contributed by atoms with E-state index in [1.807, 2.05) is 49.4 Å². The number of hydrogen-bond donors (Lipinski definition) is 2. The zero-order chi connectivity index (χ0) is 21.1. The summed E-state index contributed by atoms with van der Waals surface area (Å²) in [5.41, 5.74) is 2.53. The summed E-state index contributed by atoms with van der Waals surface area (Å²) in [5, 5.41) is 13.2. The molecule has 6 nitrogen and oxygen atoms in total. The lowest BCUT2D eigenvalue weighted by Crippen LogP contribution is -2.62. The molecule has 4 rings (SSSR count). The van der Waals surface area contributed by atoms with Gasteiger partial charge in [-0.2, -0.15) is 5.26 Å². The van der Waals surface area contributed by atoms with Crippen LogP contribution in [0.25, 0.3) is 0 Å². The first-order valence-corrected chi connectivity index (χ1v) is 10.2. The maximum absolute atomic E-state index is 13.4. The Morgan fingerprint density at radius 1 is 1.30 bits per heavy atom. The third-order valence-corrected chi connectivity index (χ3v) is 5.72. The number of anilines is 1. The molecule has 2 aromatic carbocycles. The van der Waals surface area contributed by atoms with E-state index in [4.69, 9.17) is 16.9 Å². The number of benzene rings is 2. The first-order valence-electron chi connectivity index (χ1n) is 9.86. The van der Waals surface area contributed by atoms with Crippen molar-refractivity contribution in [2.75, 3.05) is 11.4 Å². The van der Waals surface area contributed by atoms with Crippen molar-refractivity contribution < 1.29 is 4.79 Å². The fourth-order valence-corrected chi connectivity index (χ4v) is 4.08. The van der Waals surface area contributed by atoms with Gasteiger partial charge in [0.1, 0.15) is 5.82 Å². The molecular weight excluding hydrogens is 398 g/mol. The van der Waals surface area contributed by atoms with Crippen LogP contribution in [0.15, 0.2) is 60.9 Å². The predicted octanol–water partition coefficient (Wildman–Crippen LogP) is 3.65. The van der Waals surface area contributed by atoms with Crippen LogP contribution in [0.2, 0.25) is 5.02 Å². The summed E-state index contributed by atoms with van der Waals surface area (Å²) in [5.74, 6) is 0.640. The number of aromatic nitrogens is 2. The molecule has 1 amide bonds. The molecule has 0 radical (unpaired) electrons. The number of halogens is 1. The molecule has 1 aliphatic rings. The van der Waals surface area contributed by atoms with Gasteiger partial charge in [0.05, 0.1) is 17.7 Å². The molecule has 3 unspecified atom stereocenters. The van der Waals surface area contributed by atoms with E-state index in [1.54, 1.807) is 23.4 Å². The monoisotopic (exact) mass is 419 g/mol. The van der Waals surface area contributed by atoms with E-state index in [1.165, 1.54) is 0 Å². The molecule has 1 aromatic heterocycles. The van der Waals surface area contributed by atoms with Gasteiger partial charge in [0.2, 0.25) is 5.91 Å². The Labute approximate surface area is 180 Å². The minimum absolute atomic E-state index is 0.00255. The van der Waals surface area contributed by atoms with Gasteiger partial charge in [0, 0.05) is 41.6 Å². The van der Waals surface area contributed by atoms with Gasteiger partial charge in [-0.25, -0.2) is 4.98 Å². The summed E-state index contributed by atoms with van der Waals surface area (Å²) < 4.78 is 0. The molecule has 152 valence electrons. The first kappa shape index (κ1) is 20.1. The van der Waals surface area contributed by atoms with E-state index in [2.05, 4.69) is 21.4 Å². The highest BCUT2D eigenvalue weighted by atomic mass is 35.5. The number of hydrogen-bond acceptors (Lipinski definition) is 4. The van der Waals surface area contributed by atoms with Crippen LogP contribution < -0.4 is 10.2 Å². The largest absolute Gasteiger partial charge is 0.348 e. The number of nitriles is 1. The van der Waals surface area contributed by atoms with Crippen molar-refractivity contribution in [2.45, 2.75) is 31.3 Å². The van der Waals surface area contributed by atoms with Crippen LogP contribution in [0.1, 0.15) is 29.8 Å². The summed E-state index contributed by atoms with van der Waals surface area (Å²) >= 11 is 6.19. The Hall–Kier alpha value is -3.14. The topological polar surface area (TPSA) is 84.8 Å². The number of nitrogens with zero attached hydrogens (tertiary/aromatic N) is 3. The Bertz CT molecular complexity index is 1060. The van der Waals surface area contributed by atoms with Crippen molar-refractivity contribution in [3.8, 4) is 6.07 Å². The van der Waals surface area contributed by atoms with Crippen LogP contribution in [0.3, 0.4) is 0 Å². The van der Waals surface area contributed by atoms with E-state index in [0.29, 0.717) is 17.1 Å². The number of aromatic amines is 1. The second-order valence-corrected chi connectivity index (χ2v) is 7.98. The summed E-state index contributed by atoms with van der Waals surface area (Å²) in [4.78, 5) is 22.7. The SMILES string of the molecule is CC(c1ncc[nH]1)C1NC(Cc2ccc(C#N)cc2)CN(c2cccc(Cl)c2)C1=O. The average molecular weight is 420 g/mol. The third-order valence-electron chi connectivity index (χ3n) is 5.49. The van der Waals surface area contributed by atoms with Crippen LogP contribution in [-0.2, 0) is 11.2 Å². The lowest BCUT2D eigenvalue weighted by Gasteiger charge is -2.40. The van der Waals surface area contributed by atoms with Gasteiger partial charge in [-0.1, -0.05) is 36.7 Å². The standard InChI is InChI=1S/C23H22ClN5O/c1-15(22-26-9-10-27-22)21-23(30)29(20-4-2-3-18(24)12-20)14-19(28-21)11-16-5-7-17(13-25)8-6-16/h2-10,12,15,19,21,28H,11,14H2,1H3,(H,26,27). The first-order chi connectivity index (χ1) is 14.5. The number of carbonyl (C=O) groups excluding carboxylic acids is 1. The highest BCUT2D eigenvalue weighted by Gasteiger charge is 2.38. The number of piperazine rings is 1. The fourth-order valence-electron chi connectivity index (χ4n) is 3.90. The van der Waals surface area contributed by atoms with Crippen molar-refractivity contribution in [3.05, 3.63) is 82.9 Å². The maximum Gasteiger partial charge on any atom is 0.244 e. The second-order valence-electron chi connectivity index (χ2n) is 7.55. The molecular formula is C23H22ClN5O. The molecule has 2 N–H and O–H groups in total. The molecule has 3 atom stereocenters. The zero-order valence-corrected chi connectivity index (χ0v) is 17.3. The second kappa shape index (κ2) is 8.70. The molecule has 3 aromatic rings. The van der Waals surface area contributed by atoms with E-state index < -0.39 is 6.04 Å². The molecule has 0 saturated carbocycles. The summed E-state index contributed by atoms with van der Waals surface area (Å²) in [6.45, 7) is 2.52. The smallest absolute Gasteiger partial charge is 0.244 e. The van der Waals surface area contributed by atoms with Crippen LogP contribution in [0.5, 0.6) is 0 Å². The maximum atomic E-state index is 13.4. The number of H-pyrrole nitrogens is 1. The van der Waals surface area contributed by atoms with E-state index in [-0.39, 0.29) is 17.9 Å². The quantitative estimate of drug-likeness (QED) is 0.661. The molecule has 0 spiro atoms. The minimum atomic E-state index is -0.424. The highest BCUT2D eigenvalue weighted by Crippen LogP contribution is 2.27. The number of nitrogens with one attached hydrogen (secondary N) is 2. The van der Waals surface area contributed by atoms with Gasteiger partial charge >= 0.3 is 0 Å². The van der Waals surface area contributed by atoms with Gasteiger partial charge in [-0.15, -0.1) is 0 Å². The van der Waals surface area contributed by atoms with Crippen LogP contribution in [-0.4, -0.2) is 34.5 Å². The molecule has 7 heteroatoms. The van der Waals surface area contributed by atoms with Gasteiger partial charge in [0.15, 0.2) is 0 Å². The van der Waals surface area contributed by atoms with Crippen molar-refractivity contribution >= 4 is 23.2 Å². The fraction of sp³-hybridized carbons (Fsp3) is 0.261. The highest BCUT2D eigenvalue weighted by molar-refractivity contribution is 6.30. The molecule has 0 bridgehead atoms. The van der Waals surface area contributed by atoms with Gasteiger partial charge < -0.3 is 15.2 Å². The minimum Gasteiger partial charge on any atom is -0.348 e. The number of carbonyl (C=O) groups is 1. The lowest BCUT2D eigenvalue weighted by atomic mass is 9.93. The molecule has 30 heavy (non-hydrogen) atoms. The molecule has 1 fully saturated rings. The number of imidazole rings is 1. The molecule has 0 aliphatic carbocycles. The van der Waals surface area contributed by atoms with Gasteiger partial charge in [0.25, 0.3) is 0 Å². The average Bonchev–Trinajstić information content (AvgIpc) is 3.30. The van der Waals surface area contributed by atoms with Crippen molar-refractivity contribution in [1.29, 1.82) is 5.26 Å². The Balaban J connectivity index is 1.63. The normalized spacial score (nSPS) is 20.0. The third kappa shape index (κ3) is 4.23. The number of amides is 1. The Kier molecular flexibility index (Phi) is 5.84. The molecule has 2 heterocycles. The Morgan fingerprint density at radius 2 is 2.10 bits per heavy atom. The van der Waals surface area contributed by atoms with E-state index in [0.717, 1.165) is 23.5 Å². The van der Waals surface area contributed by atoms with Crippen molar-refractivity contribution in [1.82, 2.24) is 15.3 Å². The summed E-state index contributed by atoms with van der Waals surface area (Å²) in [6, 6.07) is 16.7. The van der Waals surface area contributed by atoms with Crippen molar-refractivity contribution in [3.63, 3.8) is 0 Å². The molecule has 1 aliphatic heterocycles. The zero-order valence-electron chi connectivity index (χ0n) is 16.5. The van der Waals surface area contributed by atoms with Crippen molar-refractivity contribution in [2.24, 2.45) is 0 Å². The van der Waals surface area contributed by atoms with E-state index in [9.17, 15) is 4.79 Å². The van der Waals surface area contributed by atoms with Crippen LogP contribution in [0, 0.1) is 11.3 Å². The predicted molar refractivity (Wildman–Crippen MR) is 116 cm³/mol. The Morgan fingerprint density at radius 3 is 2.77 bits per heavy atom. The molecule has 1 saturated heterocycles. The summed E-state index contributed by atoms with van der Waals surface area (Å²) in [6.07, 6.45) is 4.20.